The van der Waals surface area contributed by atoms with Crippen LogP contribution in [-0.4, -0.2) is 29.5 Å². The number of carbonyl (C=O) groups is 2. The van der Waals surface area contributed by atoms with E-state index >= 15 is 0 Å². The number of fused-ring (bicyclic) bond motifs is 5. The van der Waals surface area contributed by atoms with Crippen molar-refractivity contribution in [2.45, 2.75) is 85.1 Å². The maximum absolute atomic E-state index is 13.0. The Hall–Kier alpha value is -1.19. The molecule has 0 aromatic carbocycles. The molecule has 4 rings (SSSR count). The Balaban J connectivity index is 1.67. The number of hydrogen-bond donors (Lipinski definition) is 1. The van der Waals surface area contributed by atoms with Crippen LogP contribution in [0.4, 0.5) is 0 Å². The summed E-state index contributed by atoms with van der Waals surface area (Å²) >= 11 is 0. The molecule has 0 saturated heterocycles. The number of Topliss-reactive ketones (excluding diaryl/α,β-unsaturated/α-hetero) is 1. The number of nitrogens with one attached hydrogen (secondary N) is 1. The fourth-order valence-electron chi connectivity index (χ4n) is 7.03. The van der Waals surface area contributed by atoms with Gasteiger partial charge in [0.1, 0.15) is 5.92 Å². The van der Waals surface area contributed by atoms with Gasteiger partial charge >= 0.3 is 0 Å². The van der Waals surface area contributed by atoms with E-state index in [-0.39, 0.29) is 22.6 Å². The van der Waals surface area contributed by atoms with Gasteiger partial charge in [-0.1, -0.05) is 20.3 Å². The molecule has 0 aromatic heterocycles. The van der Waals surface area contributed by atoms with E-state index in [0.717, 1.165) is 24.6 Å². The van der Waals surface area contributed by atoms with Crippen molar-refractivity contribution in [3.05, 3.63) is 0 Å². The molecule has 3 aliphatic carbocycles. The number of amides is 1. The first-order valence-electron chi connectivity index (χ1n) is 10.9. The van der Waals surface area contributed by atoms with Gasteiger partial charge in [-0.05, 0) is 76.0 Å². The summed E-state index contributed by atoms with van der Waals surface area (Å²) in [5.41, 5.74) is 0.987. The topological polar surface area (TPSA) is 58.5 Å². The van der Waals surface area contributed by atoms with E-state index in [1.807, 2.05) is 20.8 Å². The Morgan fingerprint density at radius 2 is 1.85 bits per heavy atom. The van der Waals surface area contributed by atoms with E-state index in [4.69, 9.17) is 4.99 Å². The first-order chi connectivity index (χ1) is 12.6. The molecule has 0 bridgehead atoms. The lowest BCUT2D eigenvalue weighted by atomic mass is 9.49. The predicted octanol–water partition coefficient (Wildman–Crippen LogP) is 4.17. The fourth-order valence-corrected chi connectivity index (χ4v) is 7.03. The average molecular weight is 373 g/mol. The zero-order chi connectivity index (χ0) is 19.6. The van der Waals surface area contributed by atoms with Crippen LogP contribution in [0.5, 0.6) is 0 Å². The van der Waals surface area contributed by atoms with Crippen LogP contribution in [0.25, 0.3) is 0 Å². The molecule has 4 nitrogen and oxygen atoms in total. The lowest BCUT2D eigenvalue weighted by Gasteiger charge is -2.56. The first-order valence-corrected chi connectivity index (χ1v) is 10.9. The molecule has 3 saturated carbocycles. The Kier molecular flexibility index (Phi) is 4.36. The second-order valence-electron chi connectivity index (χ2n) is 11.2. The maximum atomic E-state index is 13.0. The zero-order valence-electron chi connectivity index (χ0n) is 17.7. The van der Waals surface area contributed by atoms with Crippen molar-refractivity contribution < 1.29 is 9.59 Å². The molecule has 1 unspecified atom stereocenters. The van der Waals surface area contributed by atoms with Crippen LogP contribution in [0.1, 0.15) is 79.6 Å². The SMILES string of the molecule is CC(C)(C)NC(=O)C1C(=O)CC[C@@]2(C)C1=NC[C@@H]1[C@H]2CC[C@]2(C)CCC[C@@H]12. The quantitative estimate of drug-likeness (QED) is 0.702. The number of ketones is 1. The van der Waals surface area contributed by atoms with E-state index in [9.17, 15) is 9.59 Å². The van der Waals surface area contributed by atoms with Gasteiger partial charge in [0, 0.05) is 29.6 Å². The number of nitrogens with zero attached hydrogens (tertiary/aromatic N) is 1. The maximum Gasteiger partial charge on any atom is 0.236 e. The van der Waals surface area contributed by atoms with Gasteiger partial charge in [0.25, 0.3) is 0 Å². The van der Waals surface area contributed by atoms with Gasteiger partial charge in [0.05, 0.1) is 0 Å². The molecular weight excluding hydrogens is 336 g/mol. The van der Waals surface area contributed by atoms with Crippen LogP contribution in [0.3, 0.4) is 0 Å². The van der Waals surface area contributed by atoms with E-state index in [1.54, 1.807) is 0 Å². The summed E-state index contributed by atoms with van der Waals surface area (Å²) in [4.78, 5) is 30.8. The smallest absolute Gasteiger partial charge is 0.236 e. The molecule has 1 amide bonds. The molecule has 27 heavy (non-hydrogen) atoms. The highest BCUT2D eigenvalue weighted by atomic mass is 16.2. The van der Waals surface area contributed by atoms with Crippen LogP contribution in [0.15, 0.2) is 4.99 Å². The molecule has 1 heterocycles. The third-order valence-electron chi connectivity index (χ3n) is 8.34. The van der Waals surface area contributed by atoms with E-state index in [2.05, 4.69) is 19.2 Å². The molecule has 4 heteroatoms. The Labute approximate surface area is 164 Å². The number of carbonyl (C=O) groups excluding carboxylic acids is 2. The van der Waals surface area contributed by atoms with Crippen molar-refractivity contribution >= 4 is 17.4 Å². The van der Waals surface area contributed by atoms with Crippen molar-refractivity contribution in [2.75, 3.05) is 6.54 Å². The second kappa shape index (κ2) is 6.15. The average Bonchev–Trinajstić information content (AvgIpc) is 2.95. The minimum absolute atomic E-state index is 0.0629. The number of rotatable bonds is 1. The van der Waals surface area contributed by atoms with E-state index in [1.165, 1.54) is 32.1 Å². The summed E-state index contributed by atoms with van der Waals surface area (Å²) in [6.45, 7) is 11.5. The van der Waals surface area contributed by atoms with Gasteiger partial charge in [0.15, 0.2) is 5.78 Å². The van der Waals surface area contributed by atoms with Crippen LogP contribution >= 0.6 is 0 Å². The van der Waals surface area contributed by atoms with Crippen LogP contribution in [-0.2, 0) is 9.59 Å². The normalized spacial score (nSPS) is 44.0. The zero-order valence-corrected chi connectivity index (χ0v) is 17.7. The van der Waals surface area contributed by atoms with Crippen molar-refractivity contribution in [1.29, 1.82) is 0 Å². The third-order valence-corrected chi connectivity index (χ3v) is 8.34. The molecule has 3 fully saturated rings. The van der Waals surface area contributed by atoms with Crippen molar-refractivity contribution in [3.8, 4) is 0 Å². The first kappa shape index (κ1) is 19.1. The molecule has 0 radical (unpaired) electrons. The highest BCUT2D eigenvalue weighted by Crippen LogP contribution is 2.62. The lowest BCUT2D eigenvalue weighted by Crippen LogP contribution is -2.59. The standard InChI is InChI=1S/C23H36N2O2/c1-21(2,3)25-20(27)18-17(26)9-12-23(5)16-8-11-22(4)10-6-7-15(22)14(16)13-24-19(18)23/h14-16,18H,6-13H2,1-5H3,(H,25,27)/t14-,15-,16+,18?,22-,23+/m0/s1. The largest absolute Gasteiger partial charge is 0.351 e. The Morgan fingerprint density at radius 1 is 1.11 bits per heavy atom. The molecule has 0 aromatic rings. The molecule has 150 valence electrons. The molecule has 6 atom stereocenters. The summed E-state index contributed by atoms with van der Waals surface area (Å²) in [7, 11) is 0. The molecule has 4 aliphatic rings. The highest BCUT2D eigenvalue weighted by Gasteiger charge is 2.59. The molecular formula is C23H36N2O2. The summed E-state index contributed by atoms with van der Waals surface area (Å²) in [6.07, 6.45) is 7.97. The summed E-state index contributed by atoms with van der Waals surface area (Å²) in [6, 6.07) is 0. The molecule has 0 spiro atoms. The summed E-state index contributed by atoms with van der Waals surface area (Å²) < 4.78 is 0. The minimum Gasteiger partial charge on any atom is -0.351 e. The van der Waals surface area contributed by atoms with Gasteiger partial charge in [-0.15, -0.1) is 0 Å². The van der Waals surface area contributed by atoms with E-state index in [0.29, 0.717) is 23.7 Å². The summed E-state index contributed by atoms with van der Waals surface area (Å²) in [5.74, 6) is 1.25. The van der Waals surface area contributed by atoms with Crippen molar-refractivity contribution in [2.24, 2.45) is 39.5 Å². The lowest BCUT2D eigenvalue weighted by molar-refractivity contribution is -0.134. The fraction of sp³-hybridized carbons (Fsp3) is 0.870. The Morgan fingerprint density at radius 3 is 2.56 bits per heavy atom. The van der Waals surface area contributed by atoms with Crippen molar-refractivity contribution in [3.63, 3.8) is 0 Å². The minimum atomic E-state index is -0.666. The van der Waals surface area contributed by atoms with Gasteiger partial charge in [-0.3, -0.25) is 14.6 Å². The predicted molar refractivity (Wildman–Crippen MR) is 108 cm³/mol. The highest BCUT2D eigenvalue weighted by molar-refractivity contribution is 6.23. The van der Waals surface area contributed by atoms with Crippen LogP contribution in [0, 0.1) is 34.5 Å². The monoisotopic (exact) mass is 372 g/mol. The Bertz CT molecular complexity index is 691. The number of hydrogen-bond acceptors (Lipinski definition) is 3. The molecule has 1 N–H and O–H groups in total. The van der Waals surface area contributed by atoms with Gasteiger partial charge in [-0.2, -0.15) is 0 Å². The second-order valence-corrected chi connectivity index (χ2v) is 11.2. The van der Waals surface area contributed by atoms with Crippen LogP contribution < -0.4 is 5.32 Å². The molecule has 1 aliphatic heterocycles. The van der Waals surface area contributed by atoms with E-state index < -0.39 is 5.92 Å². The van der Waals surface area contributed by atoms with Gasteiger partial charge in [0.2, 0.25) is 5.91 Å². The summed E-state index contributed by atoms with van der Waals surface area (Å²) in [5, 5.41) is 3.04. The van der Waals surface area contributed by atoms with Gasteiger partial charge in [-0.25, -0.2) is 0 Å². The van der Waals surface area contributed by atoms with Crippen molar-refractivity contribution in [1.82, 2.24) is 5.32 Å². The van der Waals surface area contributed by atoms with Gasteiger partial charge < -0.3 is 5.32 Å². The third kappa shape index (κ3) is 2.98. The number of aliphatic imine (C=N–C) groups is 1. The van der Waals surface area contributed by atoms with Crippen LogP contribution in [0.2, 0.25) is 0 Å².